The summed E-state index contributed by atoms with van der Waals surface area (Å²) < 4.78 is 0. The third-order valence-electron chi connectivity index (χ3n) is 2.23. The van der Waals surface area contributed by atoms with Gasteiger partial charge in [-0.1, -0.05) is 43.8 Å². The Labute approximate surface area is 74.2 Å². The van der Waals surface area contributed by atoms with Gasteiger partial charge in [0.1, 0.15) is 0 Å². The predicted octanol–water partition coefficient (Wildman–Crippen LogP) is 3.52. The van der Waals surface area contributed by atoms with Crippen molar-refractivity contribution < 1.29 is 0 Å². The van der Waals surface area contributed by atoms with Crippen LogP contribution in [0.2, 0.25) is 0 Å². The Hall–Kier alpha value is -1.26. The minimum Gasteiger partial charge on any atom is -0.129 e. The van der Waals surface area contributed by atoms with Crippen molar-refractivity contribution in [2.45, 2.75) is 19.8 Å². The number of benzene rings is 1. The summed E-state index contributed by atoms with van der Waals surface area (Å²) in [5.41, 5.74) is 5.45. The van der Waals surface area contributed by atoms with E-state index in [1.165, 1.54) is 11.1 Å². The molecule has 0 aliphatic carbocycles. The van der Waals surface area contributed by atoms with Crippen LogP contribution in [0.4, 0.5) is 0 Å². The van der Waals surface area contributed by atoms with Crippen molar-refractivity contribution in [1.29, 1.82) is 0 Å². The third-order valence-corrected chi connectivity index (χ3v) is 2.23. The molecule has 0 aliphatic heterocycles. The first-order chi connectivity index (χ1) is 5.75. The average Bonchev–Trinajstić information content (AvgIpc) is 2.17. The maximum atomic E-state index is 3.65. The van der Waals surface area contributed by atoms with Crippen LogP contribution in [-0.2, 0) is 0 Å². The Balaban J connectivity index is 2.93. The van der Waals surface area contributed by atoms with Gasteiger partial charge in [-0.15, -0.1) is 5.73 Å². The fourth-order valence-electron chi connectivity index (χ4n) is 1.14. The van der Waals surface area contributed by atoms with E-state index in [4.69, 9.17) is 0 Å². The van der Waals surface area contributed by atoms with E-state index in [2.05, 4.69) is 50.4 Å². The molecule has 0 N–H and O–H groups in total. The van der Waals surface area contributed by atoms with Crippen molar-refractivity contribution in [1.82, 2.24) is 0 Å². The lowest BCUT2D eigenvalue weighted by Crippen LogP contribution is -1.92. The second kappa shape index (κ2) is 3.94. The highest BCUT2D eigenvalue weighted by Gasteiger charge is 2.04. The zero-order valence-electron chi connectivity index (χ0n) is 7.67. The molecule has 0 saturated carbocycles. The average molecular weight is 158 g/mol. The third kappa shape index (κ3) is 1.87. The van der Waals surface area contributed by atoms with E-state index in [1.807, 2.05) is 6.07 Å². The molecule has 1 aromatic carbocycles. The van der Waals surface area contributed by atoms with Gasteiger partial charge in [-0.25, -0.2) is 0 Å². The van der Waals surface area contributed by atoms with Gasteiger partial charge >= 0.3 is 0 Å². The van der Waals surface area contributed by atoms with Crippen molar-refractivity contribution in [3.05, 3.63) is 53.8 Å². The smallest absolute Gasteiger partial charge is 0.00927 e. The normalized spacial score (nSPS) is 11.8. The lowest BCUT2D eigenvalue weighted by molar-refractivity contribution is 0.897. The van der Waals surface area contributed by atoms with E-state index in [0.29, 0.717) is 5.92 Å². The molecule has 0 spiro atoms. The zero-order valence-corrected chi connectivity index (χ0v) is 7.67. The maximum absolute atomic E-state index is 3.65. The molecule has 0 unspecified atom stereocenters. The SMILES string of the molecule is C=C=C(C)[C@H](C)c1ccccc1. The van der Waals surface area contributed by atoms with E-state index in [9.17, 15) is 0 Å². The summed E-state index contributed by atoms with van der Waals surface area (Å²) in [4.78, 5) is 0. The molecule has 0 aromatic heterocycles. The number of hydrogen-bond donors (Lipinski definition) is 0. The van der Waals surface area contributed by atoms with Crippen molar-refractivity contribution in [3.63, 3.8) is 0 Å². The summed E-state index contributed by atoms with van der Waals surface area (Å²) in [6.07, 6.45) is 0. The minimum absolute atomic E-state index is 0.434. The van der Waals surface area contributed by atoms with E-state index >= 15 is 0 Å². The van der Waals surface area contributed by atoms with Gasteiger partial charge < -0.3 is 0 Å². The highest BCUT2D eigenvalue weighted by Crippen LogP contribution is 2.21. The molecule has 1 rings (SSSR count). The van der Waals surface area contributed by atoms with E-state index < -0.39 is 0 Å². The summed E-state index contributed by atoms with van der Waals surface area (Å²) in [5.74, 6) is 0.434. The lowest BCUT2D eigenvalue weighted by Gasteiger charge is -2.09. The molecule has 0 saturated heterocycles. The van der Waals surface area contributed by atoms with Crippen LogP contribution in [0.25, 0.3) is 0 Å². The molecule has 0 heteroatoms. The number of rotatable bonds is 2. The van der Waals surface area contributed by atoms with Crippen molar-refractivity contribution in [2.24, 2.45) is 0 Å². The van der Waals surface area contributed by atoms with Crippen LogP contribution in [0.15, 0.2) is 48.2 Å². The van der Waals surface area contributed by atoms with Crippen LogP contribution < -0.4 is 0 Å². The highest BCUT2D eigenvalue weighted by molar-refractivity contribution is 5.26. The fourth-order valence-corrected chi connectivity index (χ4v) is 1.14. The van der Waals surface area contributed by atoms with Gasteiger partial charge in [0.25, 0.3) is 0 Å². The van der Waals surface area contributed by atoms with Gasteiger partial charge in [-0.3, -0.25) is 0 Å². The molecule has 0 amide bonds. The van der Waals surface area contributed by atoms with Crippen LogP contribution in [0.3, 0.4) is 0 Å². The van der Waals surface area contributed by atoms with E-state index in [-0.39, 0.29) is 0 Å². The lowest BCUT2D eigenvalue weighted by atomic mass is 9.95. The molecule has 0 radical (unpaired) electrons. The van der Waals surface area contributed by atoms with Crippen LogP contribution >= 0.6 is 0 Å². The first-order valence-corrected chi connectivity index (χ1v) is 4.17. The first-order valence-electron chi connectivity index (χ1n) is 4.17. The fraction of sp³-hybridized carbons (Fsp3) is 0.250. The molecule has 0 aliphatic rings. The maximum Gasteiger partial charge on any atom is 0.00927 e. The van der Waals surface area contributed by atoms with Gasteiger partial charge in [0.2, 0.25) is 0 Å². The van der Waals surface area contributed by atoms with Crippen molar-refractivity contribution in [2.75, 3.05) is 0 Å². The summed E-state index contributed by atoms with van der Waals surface area (Å²) in [6.45, 7) is 7.87. The predicted molar refractivity (Wildman–Crippen MR) is 53.2 cm³/mol. The quantitative estimate of drug-likeness (QED) is 0.578. The second-order valence-corrected chi connectivity index (χ2v) is 2.99. The second-order valence-electron chi connectivity index (χ2n) is 2.99. The monoisotopic (exact) mass is 158 g/mol. The molecule has 0 bridgehead atoms. The number of hydrogen-bond acceptors (Lipinski definition) is 0. The molecule has 0 nitrogen and oxygen atoms in total. The topological polar surface area (TPSA) is 0 Å². The highest BCUT2D eigenvalue weighted by atomic mass is 14.1. The molecule has 1 aromatic rings. The Morgan fingerprint density at radius 3 is 2.42 bits per heavy atom. The Kier molecular flexibility index (Phi) is 2.90. The Bertz CT molecular complexity index is 289. The molecular formula is C12H14. The van der Waals surface area contributed by atoms with Crippen LogP contribution in [0.1, 0.15) is 25.3 Å². The summed E-state index contributed by atoms with van der Waals surface area (Å²) >= 11 is 0. The molecule has 0 fully saturated rings. The van der Waals surface area contributed by atoms with E-state index in [1.54, 1.807) is 0 Å². The van der Waals surface area contributed by atoms with E-state index in [0.717, 1.165) is 0 Å². The molecule has 0 heterocycles. The molecule has 12 heavy (non-hydrogen) atoms. The van der Waals surface area contributed by atoms with Gasteiger partial charge in [0, 0.05) is 5.92 Å². The van der Waals surface area contributed by atoms with Gasteiger partial charge in [0.05, 0.1) is 0 Å². The Morgan fingerprint density at radius 1 is 1.33 bits per heavy atom. The van der Waals surface area contributed by atoms with Gasteiger partial charge in [-0.2, -0.15) is 0 Å². The summed E-state index contributed by atoms with van der Waals surface area (Å²) in [7, 11) is 0. The van der Waals surface area contributed by atoms with Crippen molar-refractivity contribution in [3.8, 4) is 0 Å². The minimum atomic E-state index is 0.434. The molecular weight excluding hydrogens is 144 g/mol. The first kappa shape index (κ1) is 8.83. The standard InChI is InChI=1S/C12H14/c1-4-10(2)11(3)12-8-6-5-7-9-12/h5-9,11H,1H2,2-3H3/t11-/m0/s1. The van der Waals surface area contributed by atoms with Crippen molar-refractivity contribution >= 4 is 0 Å². The van der Waals surface area contributed by atoms with Crippen LogP contribution in [-0.4, -0.2) is 0 Å². The summed E-state index contributed by atoms with van der Waals surface area (Å²) in [6, 6.07) is 10.4. The number of allylic oxidation sites excluding steroid dienone is 1. The molecule has 62 valence electrons. The molecule has 1 atom stereocenters. The largest absolute Gasteiger partial charge is 0.129 e. The van der Waals surface area contributed by atoms with Gasteiger partial charge in [0.15, 0.2) is 0 Å². The zero-order chi connectivity index (χ0) is 8.97. The van der Waals surface area contributed by atoms with Crippen LogP contribution in [0, 0.1) is 0 Å². The summed E-state index contributed by atoms with van der Waals surface area (Å²) in [5, 5.41) is 0. The Morgan fingerprint density at radius 2 is 1.92 bits per heavy atom. The van der Waals surface area contributed by atoms with Crippen LogP contribution in [0.5, 0.6) is 0 Å². The van der Waals surface area contributed by atoms with Gasteiger partial charge in [-0.05, 0) is 18.1 Å².